The van der Waals surface area contributed by atoms with Gasteiger partial charge in [-0.25, -0.2) is 0 Å². The molecule has 0 aromatic carbocycles. The highest BCUT2D eigenvalue weighted by atomic mass is 15.1. The van der Waals surface area contributed by atoms with Gasteiger partial charge in [-0.05, 0) is 27.7 Å². The smallest absolute Gasteiger partial charge is 0.0193 e. The van der Waals surface area contributed by atoms with Crippen molar-refractivity contribution in [1.82, 2.24) is 10.6 Å². The van der Waals surface area contributed by atoms with E-state index in [1.54, 1.807) is 0 Å². The second-order valence-electron chi connectivity index (χ2n) is 3.49. The van der Waals surface area contributed by atoms with Gasteiger partial charge in [0.1, 0.15) is 0 Å². The fourth-order valence-corrected chi connectivity index (χ4v) is 1.41. The van der Waals surface area contributed by atoms with Crippen LogP contribution in [-0.4, -0.2) is 24.2 Å². The normalized spacial score (nSPS) is 49.2. The first-order chi connectivity index (χ1) is 4.61. The maximum Gasteiger partial charge on any atom is 0.0193 e. The number of hydrogen-bond acceptors (Lipinski definition) is 2. The molecule has 2 heteroatoms. The SMILES string of the molecule is C[C@H]1N[C@H](C)[C@@H](C)N[C@@H]1C. The minimum Gasteiger partial charge on any atom is -0.309 e. The number of piperazine rings is 1. The van der Waals surface area contributed by atoms with Crippen LogP contribution in [0, 0.1) is 0 Å². The minimum atomic E-state index is 0.603. The molecule has 10 heavy (non-hydrogen) atoms. The average molecular weight is 142 g/mol. The highest BCUT2D eigenvalue weighted by Crippen LogP contribution is 2.05. The first-order valence-electron chi connectivity index (χ1n) is 4.13. The maximum absolute atomic E-state index is 3.52. The Morgan fingerprint density at radius 3 is 1.00 bits per heavy atom. The van der Waals surface area contributed by atoms with Crippen LogP contribution in [0.1, 0.15) is 27.7 Å². The molecule has 1 heterocycles. The summed E-state index contributed by atoms with van der Waals surface area (Å²) in [6, 6.07) is 2.41. The summed E-state index contributed by atoms with van der Waals surface area (Å²) < 4.78 is 0. The Hall–Kier alpha value is -0.0800. The molecule has 2 nitrogen and oxygen atoms in total. The first kappa shape index (κ1) is 8.02. The lowest BCUT2D eigenvalue weighted by molar-refractivity contribution is 0.250. The summed E-state index contributed by atoms with van der Waals surface area (Å²) in [6.45, 7) is 8.89. The van der Waals surface area contributed by atoms with E-state index in [0.29, 0.717) is 24.2 Å². The predicted molar refractivity (Wildman–Crippen MR) is 44.1 cm³/mol. The van der Waals surface area contributed by atoms with Crippen molar-refractivity contribution in [3.8, 4) is 0 Å². The van der Waals surface area contributed by atoms with Gasteiger partial charge in [0.2, 0.25) is 0 Å². The third kappa shape index (κ3) is 1.50. The fraction of sp³-hybridized carbons (Fsp3) is 1.00. The Kier molecular flexibility index (Phi) is 2.32. The third-order valence-electron chi connectivity index (χ3n) is 2.55. The Morgan fingerprint density at radius 2 is 0.800 bits per heavy atom. The van der Waals surface area contributed by atoms with Gasteiger partial charge in [0.05, 0.1) is 0 Å². The second-order valence-corrected chi connectivity index (χ2v) is 3.49. The molecule has 60 valence electrons. The van der Waals surface area contributed by atoms with Crippen LogP contribution in [0.25, 0.3) is 0 Å². The lowest BCUT2D eigenvalue weighted by atomic mass is 10.0. The summed E-state index contributed by atoms with van der Waals surface area (Å²) in [6.07, 6.45) is 0. The standard InChI is InChI=1S/C8H18N2/c1-5-6(2)10-8(4)7(3)9-5/h5-10H,1-4H3/t5-,6-,7-,8-/m1/s1. The fourth-order valence-electron chi connectivity index (χ4n) is 1.41. The van der Waals surface area contributed by atoms with Crippen LogP contribution in [0.15, 0.2) is 0 Å². The molecule has 0 spiro atoms. The van der Waals surface area contributed by atoms with Crippen molar-refractivity contribution >= 4 is 0 Å². The van der Waals surface area contributed by atoms with E-state index in [1.807, 2.05) is 0 Å². The zero-order valence-corrected chi connectivity index (χ0v) is 7.31. The molecule has 1 fully saturated rings. The van der Waals surface area contributed by atoms with Gasteiger partial charge in [-0.3, -0.25) is 0 Å². The summed E-state index contributed by atoms with van der Waals surface area (Å²) in [4.78, 5) is 0. The highest BCUT2D eigenvalue weighted by molar-refractivity contribution is 4.89. The van der Waals surface area contributed by atoms with Gasteiger partial charge < -0.3 is 10.6 Å². The largest absolute Gasteiger partial charge is 0.309 e. The molecule has 1 rings (SSSR count). The van der Waals surface area contributed by atoms with Gasteiger partial charge in [-0.15, -0.1) is 0 Å². The van der Waals surface area contributed by atoms with Crippen LogP contribution in [0.2, 0.25) is 0 Å². The van der Waals surface area contributed by atoms with Crippen LogP contribution in [0.3, 0.4) is 0 Å². The summed E-state index contributed by atoms with van der Waals surface area (Å²) in [7, 11) is 0. The Bertz CT molecular complexity index is 87.8. The van der Waals surface area contributed by atoms with E-state index < -0.39 is 0 Å². The van der Waals surface area contributed by atoms with Gasteiger partial charge in [0, 0.05) is 24.2 Å². The van der Waals surface area contributed by atoms with Crippen molar-refractivity contribution < 1.29 is 0 Å². The van der Waals surface area contributed by atoms with E-state index in [9.17, 15) is 0 Å². The molecular formula is C8H18N2. The van der Waals surface area contributed by atoms with Gasteiger partial charge in [0.25, 0.3) is 0 Å². The number of rotatable bonds is 0. The molecule has 0 amide bonds. The molecular weight excluding hydrogens is 124 g/mol. The van der Waals surface area contributed by atoms with Crippen molar-refractivity contribution in [2.24, 2.45) is 0 Å². The molecule has 4 atom stereocenters. The second kappa shape index (κ2) is 2.89. The molecule has 1 aliphatic rings. The summed E-state index contributed by atoms with van der Waals surface area (Å²) >= 11 is 0. The Morgan fingerprint density at radius 1 is 0.600 bits per heavy atom. The van der Waals surface area contributed by atoms with Gasteiger partial charge in [-0.1, -0.05) is 0 Å². The van der Waals surface area contributed by atoms with Gasteiger partial charge >= 0.3 is 0 Å². The zero-order chi connectivity index (χ0) is 7.72. The average Bonchev–Trinajstić information content (AvgIpc) is 1.84. The van der Waals surface area contributed by atoms with E-state index in [2.05, 4.69) is 38.3 Å². The van der Waals surface area contributed by atoms with Crippen molar-refractivity contribution in [2.75, 3.05) is 0 Å². The lowest BCUT2D eigenvalue weighted by Gasteiger charge is -2.38. The Balaban J connectivity index is 2.46. The van der Waals surface area contributed by atoms with E-state index in [0.717, 1.165) is 0 Å². The van der Waals surface area contributed by atoms with Crippen LogP contribution < -0.4 is 10.6 Å². The molecule has 0 aromatic heterocycles. The zero-order valence-electron chi connectivity index (χ0n) is 7.31. The molecule has 0 bridgehead atoms. The summed E-state index contributed by atoms with van der Waals surface area (Å²) in [5.41, 5.74) is 0. The molecule has 0 saturated carbocycles. The molecule has 0 unspecified atom stereocenters. The Labute approximate surface area is 63.4 Å². The number of nitrogens with one attached hydrogen (secondary N) is 2. The van der Waals surface area contributed by atoms with E-state index in [1.165, 1.54) is 0 Å². The molecule has 0 aromatic rings. The maximum atomic E-state index is 3.52. The number of hydrogen-bond donors (Lipinski definition) is 2. The molecule has 0 aliphatic carbocycles. The van der Waals surface area contributed by atoms with Crippen molar-refractivity contribution in [2.45, 2.75) is 51.9 Å². The lowest BCUT2D eigenvalue weighted by Crippen LogP contribution is -2.62. The molecule has 0 radical (unpaired) electrons. The van der Waals surface area contributed by atoms with Crippen LogP contribution in [-0.2, 0) is 0 Å². The minimum absolute atomic E-state index is 0.603. The van der Waals surface area contributed by atoms with E-state index in [-0.39, 0.29) is 0 Å². The molecule has 1 aliphatic heterocycles. The van der Waals surface area contributed by atoms with Gasteiger partial charge in [-0.2, -0.15) is 0 Å². The predicted octanol–water partition coefficient (Wildman–Crippen LogP) is 0.733. The van der Waals surface area contributed by atoms with E-state index in [4.69, 9.17) is 0 Å². The van der Waals surface area contributed by atoms with Crippen LogP contribution in [0.5, 0.6) is 0 Å². The van der Waals surface area contributed by atoms with Crippen LogP contribution in [0.4, 0.5) is 0 Å². The molecule has 1 saturated heterocycles. The quantitative estimate of drug-likeness (QED) is 0.521. The van der Waals surface area contributed by atoms with Crippen LogP contribution >= 0.6 is 0 Å². The van der Waals surface area contributed by atoms with E-state index >= 15 is 0 Å². The van der Waals surface area contributed by atoms with Gasteiger partial charge in [0.15, 0.2) is 0 Å². The van der Waals surface area contributed by atoms with Crippen molar-refractivity contribution in [3.63, 3.8) is 0 Å². The summed E-state index contributed by atoms with van der Waals surface area (Å²) in [5.74, 6) is 0. The highest BCUT2D eigenvalue weighted by Gasteiger charge is 2.25. The topological polar surface area (TPSA) is 24.1 Å². The van der Waals surface area contributed by atoms with Crippen molar-refractivity contribution in [3.05, 3.63) is 0 Å². The summed E-state index contributed by atoms with van der Waals surface area (Å²) in [5, 5.41) is 7.03. The van der Waals surface area contributed by atoms with Crippen molar-refractivity contribution in [1.29, 1.82) is 0 Å². The first-order valence-corrected chi connectivity index (χ1v) is 4.13. The monoisotopic (exact) mass is 142 g/mol. The molecule has 2 N–H and O–H groups in total. The third-order valence-corrected chi connectivity index (χ3v) is 2.55.